The van der Waals surface area contributed by atoms with Crippen molar-refractivity contribution >= 4 is 0 Å². The molecule has 0 bridgehead atoms. The molecule has 0 spiro atoms. The van der Waals surface area contributed by atoms with Crippen molar-refractivity contribution in [1.29, 1.82) is 0 Å². The fourth-order valence-electron chi connectivity index (χ4n) is 3.84. The number of hydrogen-bond acceptors (Lipinski definition) is 2. The van der Waals surface area contributed by atoms with E-state index >= 15 is 0 Å². The standard InChI is InChI=1S/C24H51N.C4H10O/c1-4-7-10-13-16-19-22-25(23-20-17-14-11-8-5-2)24-21-18-15-12-9-6-3;1-2-3-4-5/h4-24H2,1-3H3;5H,2-4H2,1H3. The molecule has 0 aliphatic heterocycles. The maximum absolute atomic E-state index is 8.07. The van der Waals surface area contributed by atoms with Crippen molar-refractivity contribution in [3.63, 3.8) is 0 Å². The van der Waals surface area contributed by atoms with E-state index in [9.17, 15) is 0 Å². The first-order valence-corrected chi connectivity index (χ1v) is 14.1. The molecule has 184 valence electrons. The molecule has 0 rings (SSSR count). The van der Waals surface area contributed by atoms with Gasteiger partial charge in [-0.1, -0.05) is 130 Å². The molecule has 30 heavy (non-hydrogen) atoms. The minimum Gasteiger partial charge on any atom is -0.396 e. The maximum Gasteiger partial charge on any atom is 0.0430 e. The number of hydrogen-bond donors (Lipinski definition) is 1. The number of aliphatic hydroxyl groups excluding tert-OH is 1. The van der Waals surface area contributed by atoms with Crippen LogP contribution in [0, 0.1) is 0 Å². The highest BCUT2D eigenvalue weighted by atomic mass is 16.2. The van der Waals surface area contributed by atoms with Crippen LogP contribution in [0.3, 0.4) is 0 Å². The first-order valence-electron chi connectivity index (χ1n) is 14.1. The predicted octanol–water partition coefficient (Wildman–Crippen LogP) is 9.15. The predicted molar refractivity (Wildman–Crippen MR) is 139 cm³/mol. The minimum absolute atomic E-state index is 0.344. The lowest BCUT2D eigenvalue weighted by Crippen LogP contribution is -2.27. The third-order valence-electron chi connectivity index (χ3n) is 6.00. The topological polar surface area (TPSA) is 23.5 Å². The Morgan fingerprint density at radius 1 is 0.367 bits per heavy atom. The molecule has 0 saturated heterocycles. The van der Waals surface area contributed by atoms with Crippen LogP contribution in [0.5, 0.6) is 0 Å². The quantitative estimate of drug-likeness (QED) is 0.164. The average molecular weight is 428 g/mol. The van der Waals surface area contributed by atoms with E-state index in [1.807, 2.05) is 0 Å². The van der Waals surface area contributed by atoms with Crippen LogP contribution in [-0.4, -0.2) is 36.2 Å². The normalized spacial score (nSPS) is 11.0. The molecule has 0 fully saturated rings. The molecule has 0 unspecified atom stereocenters. The molecule has 1 N–H and O–H groups in total. The lowest BCUT2D eigenvalue weighted by atomic mass is 10.1. The highest BCUT2D eigenvalue weighted by molar-refractivity contribution is 4.60. The summed E-state index contributed by atoms with van der Waals surface area (Å²) in [5, 5.41) is 8.07. The van der Waals surface area contributed by atoms with Crippen molar-refractivity contribution in [2.45, 2.75) is 156 Å². The van der Waals surface area contributed by atoms with Crippen LogP contribution in [0.4, 0.5) is 0 Å². The molecule has 0 aliphatic carbocycles. The van der Waals surface area contributed by atoms with Gasteiger partial charge in [-0.2, -0.15) is 0 Å². The summed E-state index contributed by atoms with van der Waals surface area (Å²) in [7, 11) is 0. The van der Waals surface area contributed by atoms with E-state index in [4.69, 9.17) is 5.11 Å². The Morgan fingerprint density at radius 3 is 0.867 bits per heavy atom. The van der Waals surface area contributed by atoms with Crippen molar-refractivity contribution in [2.75, 3.05) is 26.2 Å². The molecule has 0 radical (unpaired) electrons. The Bertz CT molecular complexity index is 229. The van der Waals surface area contributed by atoms with E-state index in [0.717, 1.165) is 12.8 Å². The lowest BCUT2D eigenvalue weighted by Gasteiger charge is -2.22. The van der Waals surface area contributed by atoms with Crippen LogP contribution < -0.4 is 0 Å². The van der Waals surface area contributed by atoms with E-state index in [1.54, 1.807) is 0 Å². The fraction of sp³-hybridized carbons (Fsp3) is 1.00. The Morgan fingerprint density at radius 2 is 0.633 bits per heavy atom. The summed E-state index contributed by atoms with van der Waals surface area (Å²) < 4.78 is 0. The maximum atomic E-state index is 8.07. The summed E-state index contributed by atoms with van der Waals surface area (Å²) in [6.45, 7) is 13.4. The van der Waals surface area contributed by atoms with Gasteiger partial charge in [0.1, 0.15) is 0 Å². The second kappa shape index (κ2) is 31.1. The highest BCUT2D eigenvalue weighted by Gasteiger charge is 2.05. The third-order valence-corrected chi connectivity index (χ3v) is 6.00. The molecule has 0 aliphatic rings. The van der Waals surface area contributed by atoms with Crippen molar-refractivity contribution in [3.05, 3.63) is 0 Å². The van der Waals surface area contributed by atoms with E-state index in [2.05, 4.69) is 32.6 Å². The van der Waals surface area contributed by atoms with Crippen LogP contribution in [0.15, 0.2) is 0 Å². The largest absolute Gasteiger partial charge is 0.396 e. The number of nitrogens with zero attached hydrogens (tertiary/aromatic N) is 1. The number of unbranched alkanes of at least 4 members (excludes halogenated alkanes) is 16. The van der Waals surface area contributed by atoms with Crippen LogP contribution >= 0.6 is 0 Å². The smallest absolute Gasteiger partial charge is 0.0430 e. The van der Waals surface area contributed by atoms with E-state index < -0.39 is 0 Å². The Kier molecular flexibility index (Phi) is 33.3. The number of aliphatic hydroxyl groups is 1. The van der Waals surface area contributed by atoms with Gasteiger partial charge in [-0.05, 0) is 45.3 Å². The van der Waals surface area contributed by atoms with Gasteiger partial charge >= 0.3 is 0 Å². The molecule has 0 heterocycles. The van der Waals surface area contributed by atoms with Gasteiger partial charge in [0.25, 0.3) is 0 Å². The van der Waals surface area contributed by atoms with Crippen molar-refractivity contribution in [2.24, 2.45) is 0 Å². The van der Waals surface area contributed by atoms with Gasteiger partial charge in [0.15, 0.2) is 0 Å². The van der Waals surface area contributed by atoms with Gasteiger partial charge in [0, 0.05) is 6.61 Å². The molecule has 0 amide bonds. The summed E-state index contributed by atoms with van der Waals surface area (Å²) in [5.74, 6) is 0. The molecular weight excluding hydrogens is 366 g/mol. The molecule has 2 heteroatoms. The third kappa shape index (κ3) is 30.1. The summed E-state index contributed by atoms with van der Waals surface area (Å²) in [6.07, 6.45) is 27.8. The van der Waals surface area contributed by atoms with Crippen LogP contribution in [0.2, 0.25) is 0 Å². The van der Waals surface area contributed by atoms with Crippen LogP contribution in [0.1, 0.15) is 156 Å². The summed E-state index contributed by atoms with van der Waals surface area (Å²) in [4.78, 5) is 2.79. The zero-order chi connectivity index (χ0) is 22.5. The number of rotatable bonds is 23. The Labute approximate surface area is 192 Å². The Balaban J connectivity index is 0. The molecule has 2 nitrogen and oxygen atoms in total. The van der Waals surface area contributed by atoms with Gasteiger partial charge in [0.05, 0.1) is 0 Å². The van der Waals surface area contributed by atoms with Gasteiger partial charge < -0.3 is 10.0 Å². The zero-order valence-electron chi connectivity index (χ0n) is 21.9. The molecule has 0 aromatic heterocycles. The zero-order valence-corrected chi connectivity index (χ0v) is 21.9. The Hall–Kier alpha value is -0.0800. The average Bonchev–Trinajstić information content (AvgIpc) is 2.76. The van der Waals surface area contributed by atoms with Gasteiger partial charge in [0.2, 0.25) is 0 Å². The minimum atomic E-state index is 0.344. The fourth-order valence-corrected chi connectivity index (χ4v) is 3.84. The van der Waals surface area contributed by atoms with Gasteiger partial charge in [-0.3, -0.25) is 0 Å². The van der Waals surface area contributed by atoms with Crippen molar-refractivity contribution in [3.8, 4) is 0 Å². The van der Waals surface area contributed by atoms with Crippen molar-refractivity contribution in [1.82, 2.24) is 4.90 Å². The van der Waals surface area contributed by atoms with Crippen molar-refractivity contribution < 1.29 is 5.11 Å². The van der Waals surface area contributed by atoms with Gasteiger partial charge in [-0.25, -0.2) is 0 Å². The molecule has 0 atom stereocenters. The highest BCUT2D eigenvalue weighted by Crippen LogP contribution is 2.11. The second-order valence-corrected chi connectivity index (χ2v) is 9.22. The first-order chi connectivity index (χ1) is 14.8. The second-order valence-electron chi connectivity index (χ2n) is 9.22. The summed E-state index contributed by atoms with van der Waals surface area (Å²) >= 11 is 0. The van der Waals surface area contributed by atoms with Crippen LogP contribution in [0.25, 0.3) is 0 Å². The SMILES string of the molecule is CCCCCCCCN(CCCCCCCC)CCCCCCCC.CCCCO. The van der Waals surface area contributed by atoms with Crippen LogP contribution in [-0.2, 0) is 0 Å². The first kappa shape index (κ1) is 32.1. The lowest BCUT2D eigenvalue weighted by molar-refractivity contribution is 0.254. The molecular formula is C28H61NO. The van der Waals surface area contributed by atoms with E-state index in [1.165, 1.54) is 135 Å². The molecule has 0 aromatic carbocycles. The summed E-state index contributed by atoms with van der Waals surface area (Å²) in [6, 6.07) is 0. The molecule has 0 saturated carbocycles. The van der Waals surface area contributed by atoms with E-state index in [0.29, 0.717) is 6.61 Å². The molecule has 0 aromatic rings. The van der Waals surface area contributed by atoms with Gasteiger partial charge in [-0.15, -0.1) is 0 Å². The van der Waals surface area contributed by atoms with E-state index in [-0.39, 0.29) is 0 Å². The monoisotopic (exact) mass is 427 g/mol. The summed E-state index contributed by atoms with van der Waals surface area (Å²) in [5.41, 5.74) is 0.